The van der Waals surface area contributed by atoms with Crippen LogP contribution in [0.15, 0.2) is 54.6 Å². The normalized spacial score (nSPS) is 19.4. The van der Waals surface area contributed by atoms with Crippen LogP contribution >= 0.6 is 0 Å². The number of fused-ring (bicyclic) bond motifs is 4. The van der Waals surface area contributed by atoms with Crippen LogP contribution in [0, 0.1) is 0 Å². The van der Waals surface area contributed by atoms with Crippen LogP contribution in [0.3, 0.4) is 0 Å². The highest BCUT2D eigenvalue weighted by molar-refractivity contribution is 5.91. The Balaban J connectivity index is 1.44. The fraction of sp³-hybridized carbons (Fsp3) is 0.292. The minimum atomic E-state index is -4.65. The molecule has 1 aliphatic heterocycles. The molecule has 1 aliphatic carbocycles. The monoisotopic (exact) mass is 471 g/mol. The molecule has 0 fully saturated rings. The number of hydrogen-bond donors (Lipinski definition) is 1. The van der Waals surface area contributed by atoms with Gasteiger partial charge in [0.25, 0.3) is 0 Å². The molecule has 0 spiro atoms. The van der Waals surface area contributed by atoms with Crippen LogP contribution in [-0.2, 0) is 4.74 Å². The number of carboxylic acid groups (broad SMARTS) is 1. The fourth-order valence-electron chi connectivity index (χ4n) is 4.86. The Labute approximate surface area is 192 Å². The van der Waals surface area contributed by atoms with Gasteiger partial charge in [0, 0.05) is 18.0 Å². The number of carbonyl (C=O) groups is 2. The molecular formula is C24H20F3N3O4. The van der Waals surface area contributed by atoms with Crippen LogP contribution < -0.4 is 4.90 Å². The maximum atomic E-state index is 13.6. The number of benzene rings is 2. The van der Waals surface area contributed by atoms with Gasteiger partial charge in [-0.3, -0.25) is 4.90 Å². The third-order valence-corrected chi connectivity index (χ3v) is 6.39. The molecule has 0 saturated carbocycles. The first kappa shape index (κ1) is 22.0. The molecular weight excluding hydrogens is 451 g/mol. The van der Waals surface area contributed by atoms with Crippen molar-refractivity contribution in [2.24, 2.45) is 0 Å². The van der Waals surface area contributed by atoms with E-state index in [1.54, 1.807) is 0 Å². The summed E-state index contributed by atoms with van der Waals surface area (Å²) in [6.07, 6.45) is -5.98. The number of carboxylic acids is 1. The van der Waals surface area contributed by atoms with Gasteiger partial charge < -0.3 is 9.84 Å². The van der Waals surface area contributed by atoms with Crippen LogP contribution in [0.4, 0.5) is 23.8 Å². The number of hydrogen-bond acceptors (Lipinski definition) is 4. The lowest BCUT2D eigenvalue weighted by Gasteiger charge is -2.38. The highest BCUT2D eigenvalue weighted by Gasteiger charge is 2.49. The Bertz CT molecular complexity index is 1240. The second-order valence-corrected chi connectivity index (χ2v) is 8.45. The van der Waals surface area contributed by atoms with E-state index in [0.29, 0.717) is 4.68 Å². The van der Waals surface area contributed by atoms with Crippen LogP contribution in [0.5, 0.6) is 0 Å². The molecule has 0 bridgehead atoms. The summed E-state index contributed by atoms with van der Waals surface area (Å²) in [5.41, 5.74) is 3.51. The molecule has 0 radical (unpaired) electrons. The summed E-state index contributed by atoms with van der Waals surface area (Å²) in [7, 11) is 0. The third-order valence-electron chi connectivity index (χ3n) is 6.39. The first-order valence-electron chi connectivity index (χ1n) is 10.7. The highest BCUT2D eigenvalue weighted by atomic mass is 19.4. The van der Waals surface area contributed by atoms with Gasteiger partial charge >= 0.3 is 18.2 Å². The van der Waals surface area contributed by atoms with E-state index in [9.17, 15) is 27.9 Å². The summed E-state index contributed by atoms with van der Waals surface area (Å²) >= 11 is 0. The van der Waals surface area contributed by atoms with Crippen LogP contribution in [0.25, 0.3) is 11.1 Å². The first-order valence-corrected chi connectivity index (χ1v) is 10.7. The Morgan fingerprint density at radius 2 is 1.68 bits per heavy atom. The van der Waals surface area contributed by atoms with Crippen molar-refractivity contribution in [1.29, 1.82) is 0 Å². The van der Waals surface area contributed by atoms with Gasteiger partial charge in [-0.15, -0.1) is 0 Å². The predicted octanol–water partition coefficient (Wildman–Crippen LogP) is 5.23. The van der Waals surface area contributed by atoms with E-state index in [-0.39, 0.29) is 18.3 Å². The third kappa shape index (κ3) is 3.49. The minimum absolute atomic E-state index is 0.0152. The van der Waals surface area contributed by atoms with Gasteiger partial charge in [0.1, 0.15) is 12.4 Å². The zero-order chi connectivity index (χ0) is 24.2. The van der Waals surface area contributed by atoms with Crippen molar-refractivity contribution in [3.63, 3.8) is 0 Å². The minimum Gasteiger partial charge on any atom is -0.476 e. The number of rotatable bonds is 3. The highest BCUT2D eigenvalue weighted by Crippen LogP contribution is 2.45. The first-order chi connectivity index (χ1) is 16.2. The number of halogens is 3. The summed E-state index contributed by atoms with van der Waals surface area (Å²) in [5, 5.41) is 12.9. The topological polar surface area (TPSA) is 84.7 Å². The number of aromatic nitrogens is 2. The van der Waals surface area contributed by atoms with E-state index >= 15 is 0 Å². The molecule has 5 rings (SSSR count). The van der Waals surface area contributed by atoms with Crippen molar-refractivity contribution in [3.05, 3.63) is 71.4 Å². The summed E-state index contributed by atoms with van der Waals surface area (Å²) in [6, 6.07) is 13.6. The zero-order valence-electron chi connectivity index (χ0n) is 18.0. The van der Waals surface area contributed by atoms with E-state index < -0.39 is 42.4 Å². The summed E-state index contributed by atoms with van der Waals surface area (Å²) in [5.74, 6) is -1.96. The van der Waals surface area contributed by atoms with Crippen LogP contribution in [0.2, 0.25) is 0 Å². The van der Waals surface area contributed by atoms with Crippen molar-refractivity contribution in [3.8, 4) is 11.1 Å². The molecule has 176 valence electrons. The summed E-state index contributed by atoms with van der Waals surface area (Å²) < 4.78 is 47.0. The van der Waals surface area contributed by atoms with Gasteiger partial charge in [0.05, 0.1) is 0 Å². The molecule has 0 unspecified atom stereocenters. The Kier molecular flexibility index (Phi) is 5.11. The molecule has 1 aromatic heterocycles. The number of carbonyl (C=O) groups excluding carboxylic acids is 1. The molecule has 3 aromatic rings. The zero-order valence-corrected chi connectivity index (χ0v) is 18.0. The quantitative estimate of drug-likeness (QED) is 0.565. The lowest BCUT2D eigenvalue weighted by Crippen LogP contribution is -2.48. The smallest absolute Gasteiger partial charge is 0.415 e. The molecule has 34 heavy (non-hydrogen) atoms. The van der Waals surface area contributed by atoms with E-state index in [4.69, 9.17) is 4.74 Å². The van der Waals surface area contributed by atoms with Crippen molar-refractivity contribution < 1.29 is 32.6 Å². The number of anilines is 1. The molecule has 0 saturated heterocycles. The molecule has 1 N–H and O–H groups in total. The van der Waals surface area contributed by atoms with Crippen molar-refractivity contribution in [2.45, 2.75) is 37.5 Å². The molecule has 2 aromatic carbocycles. The maximum absolute atomic E-state index is 13.6. The van der Waals surface area contributed by atoms with Gasteiger partial charge in [0.2, 0.25) is 0 Å². The molecule has 7 nitrogen and oxygen atoms in total. The second-order valence-electron chi connectivity index (χ2n) is 8.45. The number of alkyl halides is 3. The average molecular weight is 471 g/mol. The van der Waals surface area contributed by atoms with Crippen LogP contribution in [0.1, 0.15) is 46.9 Å². The molecule has 2 heterocycles. The largest absolute Gasteiger partial charge is 0.476 e. The van der Waals surface area contributed by atoms with Gasteiger partial charge in [0.15, 0.2) is 11.7 Å². The number of ether oxygens (including phenoxy) is 1. The van der Waals surface area contributed by atoms with E-state index in [0.717, 1.165) is 33.2 Å². The molecule has 2 atom stereocenters. The van der Waals surface area contributed by atoms with Crippen molar-refractivity contribution >= 4 is 17.9 Å². The van der Waals surface area contributed by atoms with E-state index in [2.05, 4.69) is 5.10 Å². The van der Waals surface area contributed by atoms with Gasteiger partial charge in [-0.25, -0.2) is 14.3 Å². The van der Waals surface area contributed by atoms with Gasteiger partial charge in [-0.05, 0) is 35.6 Å². The Hall–Kier alpha value is -3.82. The molecule has 10 heteroatoms. The van der Waals surface area contributed by atoms with E-state index in [1.165, 1.54) is 6.92 Å². The number of nitrogens with zero attached hydrogens (tertiary/aromatic N) is 3. The Morgan fingerprint density at radius 3 is 2.24 bits per heavy atom. The number of aromatic carboxylic acids is 1. The lowest BCUT2D eigenvalue weighted by atomic mass is 9.98. The van der Waals surface area contributed by atoms with Crippen molar-refractivity contribution in [2.75, 3.05) is 11.5 Å². The van der Waals surface area contributed by atoms with E-state index in [1.807, 2.05) is 48.5 Å². The van der Waals surface area contributed by atoms with Crippen LogP contribution in [-0.4, -0.2) is 45.8 Å². The summed E-state index contributed by atoms with van der Waals surface area (Å²) in [6.45, 7) is 1.45. The SMILES string of the molecule is C[C@@H]1C[C@H](C(F)(F)F)n2nc(C(=O)O)cc2N1C(=O)OCC1c2ccccc2-c2ccccc21. The van der Waals surface area contributed by atoms with Crippen molar-refractivity contribution in [1.82, 2.24) is 9.78 Å². The van der Waals surface area contributed by atoms with Gasteiger partial charge in [-0.1, -0.05) is 48.5 Å². The average Bonchev–Trinajstić information content (AvgIpc) is 3.36. The molecule has 1 amide bonds. The standard InChI is InChI=1S/C24H20F3N3O4/c1-13-10-20(24(25,26)27)30-21(11-19(28-30)22(31)32)29(13)23(33)34-12-18-16-8-4-2-6-14(16)15-7-3-5-9-17(15)18/h2-9,11,13,18,20H,10,12H2,1H3,(H,31,32)/t13-,20-/m1/s1. The maximum Gasteiger partial charge on any atom is 0.415 e. The number of amides is 1. The van der Waals surface area contributed by atoms with Gasteiger partial charge in [-0.2, -0.15) is 18.3 Å². The Morgan fingerprint density at radius 1 is 1.09 bits per heavy atom. The summed E-state index contributed by atoms with van der Waals surface area (Å²) in [4.78, 5) is 25.5. The fourth-order valence-corrected chi connectivity index (χ4v) is 4.86. The molecule has 2 aliphatic rings. The lowest BCUT2D eigenvalue weighted by molar-refractivity contribution is -0.174. The predicted molar refractivity (Wildman–Crippen MR) is 116 cm³/mol. The second kappa shape index (κ2) is 7.89.